The van der Waals surface area contributed by atoms with Crippen molar-refractivity contribution in [3.63, 3.8) is 0 Å². The van der Waals surface area contributed by atoms with Crippen LogP contribution in [0.3, 0.4) is 0 Å². The molecule has 0 aliphatic heterocycles. The number of fused-ring (bicyclic) bond motifs is 5. The zero-order valence-electron chi connectivity index (χ0n) is 13.0. The van der Waals surface area contributed by atoms with Crippen molar-refractivity contribution in [2.75, 3.05) is 0 Å². The highest BCUT2D eigenvalue weighted by Crippen LogP contribution is 2.67. The van der Waals surface area contributed by atoms with Crippen LogP contribution in [0, 0.1) is 5.41 Å². The van der Waals surface area contributed by atoms with E-state index in [9.17, 15) is 4.79 Å². The Bertz CT molecular complexity index is 850. The van der Waals surface area contributed by atoms with Crippen LogP contribution in [0.25, 0.3) is 5.69 Å². The number of hydrogen-bond donors (Lipinski definition) is 2. The Kier molecular flexibility index (Phi) is 2.48. The lowest BCUT2D eigenvalue weighted by molar-refractivity contribution is 0.157. The number of H-pyrrole nitrogens is 1. The number of benzene rings is 1. The predicted octanol–water partition coefficient (Wildman–Crippen LogP) is 3.06. The van der Waals surface area contributed by atoms with E-state index in [-0.39, 0.29) is 16.4 Å². The molecule has 116 valence electrons. The van der Waals surface area contributed by atoms with Gasteiger partial charge in [-0.1, -0.05) is 44.5 Å². The Hall–Kier alpha value is -1.52. The Morgan fingerprint density at radius 3 is 2.55 bits per heavy atom. The van der Waals surface area contributed by atoms with Crippen molar-refractivity contribution in [1.82, 2.24) is 9.78 Å². The van der Waals surface area contributed by atoms with Gasteiger partial charge in [-0.25, -0.2) is 4.68 Å². The summed E-state index contributed by atoms with van der Waals surface area (Å²) in [4.78, 5) is 13.0. The third kappa shape index (κ3) is 1.28. The minimum Gasteiger partial charge on any atom is -0.321 e. The smallest absolute Gasteiger partial charge is 0.276 e. The highest BCUT2D eigenvalue weighted by Gasteiger charge is 2.69. The molecule has 0 amide bonds. The molecule has 1 aromatic carbocycles. The van der Waals surface area contributed by atoms with Gasteiger partial charge in [0, 0.05) is 11.1 Å². The molecule has 2 aliphatic carbocycles. The number of aromatic nitrogens is 2. The lowest BCUT2D eigenvalue weighted by Gasteiger charge is -2.39. The van der Waals surface area contributed by atoms with Gasteiger partial charge in [0.1, 0.15) is 0 Å². The first-order chi connectivity index (χ1) is 10.2. The Labute approximate surface area is 134 Å². The van der Waals surface area contributed by atoms with E-state index in [4.69, 9.17) is 17.3 Å². The van der Waals surface area contributed by atoms with Gasteiger partial charge >= 0.3 is 0 Å². The molecular weight excluding hydrogens is 298 g/mol. The van der Waals surface area contributed by atoms with Gasteiger partial charge in [0.2, 0.25) is 0 Å². The summed E-state index contributed by atoms with van der Waals surface area (Å²) in [6, 6.07) is 7.35. The van der Waals surface area contributed by atoms with Crippen LogP contribution in [-0.2, 0) is 11.0 Å². The van der Waals surface area contributed by atoms with Gasteiger partial charge < -0.3 is 5.73 Å². The van der Waals surface area contributed by atoms with Gasteiger partial charge in [0.15, 0.2) is 0 Å². The fraction of sp³-hybridized carbons (Fsp3) is 0.471. The van der Waals surface area contributed by atoms with Crippen molar-refractivity contribution >= 4 is 11.6 Å². The van der Waals surface area contributed by atoms with Gasteiger partial charge in [-0.2, -0.15) is 0 Å². The third-order valence-electron chi connectivity index (χ3n) is 6.50. The number of rotatable bonds is 1. The SMILES string of the molecule is CC1(C)C2(N)CC[C@]1(C)c1[nH]n(-c3ccccc3Cl)c(=O)c12. The number of halogens is 1. The molecule has 0 radical (unpaired) electrons. The van der Waals surface area contributed by atoms with Crippen LogP contribution in [0.15, 0.2) is 29.1 Å². The molecular formula is C17H20ClN3O. The lowest BCUT2D eigenvalue weighted by atomic mass is 9.68. The molecule has 3 N–H and O–H groups in total. The van der Waals surface area contributed by atoms with Gasteiger partial charge in [0.25, 0.3) is 5.56 Å². The maximum absolute atomic E-state index is 13.0. The highest BCUT2D eigenvalue weighted by molar-refractivity contribution is 6.32. The minimum atomic E-state index is -0.572. The first-order valence-corrected chi connectivity index (χ1v) is 8.02. The van der Waals surface area contributed by atoms with Crippen LogP contribution in [0.2, 0.25) is 5.02 Å². The summed E-state index contributed by atoms with van der Waals surface area (Å²) < 4.78 is 1.55. The van der Waals surface area contributed by atoms with Gasteiger partial charge in [-0.3, -0.25) is 9.89 Å². The second-order valence-corrected chi connectivity index (χ2v) is 7.79. The molecule has 1 fully saturated rings. The first-order valence-electron chi connectivity index (χ1n) is 7.64. The number of para-hydroxylation sites is 1. The van der Waals surface area contributed by atoms with Crippen molar-refractivity contribution in [3.05, 3.63) is 50.9 Å². The van der Waals surface area contributed by atoms with E-state index in [0.717, 1.165) is 24.1 Å². The molecule has 4 nitrogen and oxygen atoms in total. The summed E-state index contributed by atoms with van der Waals surface area (Å²) in [5.74, 6) is 0. The van der Waals surface area contributed by atoms with Crippen LogP contribution in [0.5, 0.6) is 0 Å². The quantitative estimate of drug-likeness (QED) is 0.849. The van der Waals surface area contributed by atoms with Gasteiger partial charge in [-0.05, 0) is 30.4 Å². The van der Waals surface area contributed by atoms with Crippen molar-refractivity contribution in [2.24, 2.45) is 11.1 Å². The fourth-order valence-electron chi connectivity index (χ4n) is 4.49. The molecule has 4 rings (SSSR count). The molecule has 1 saturated carbocycles. The van der Waals surface area contributed by atoms with Crippen LogP contribution in [-0.4, -0.2) is 9.78 Å². The Morgan fingerprint density at radius 1 is 1.23 bits per heavy atom. The van der Waals surface area contributed by atoms with Crippen LogP contribution in [0.4, 0.5) is 0 Å². The first kappa shape index (κ1) is 14.1. The predicted molar refractivity (Wildman–Crippen MR) is 87.6 cm³/mol. The second-order valence-electron chi connectivity index (χ2n) is 7.38. The summed E-state index contributed by atoms with van der Waals surface area (Å²) in [7, 11) is 0. The average Bonchev–Trinajstić information content (AvgIpc) is 2.94. The fourth-order valence-corrected chi connectivity index (χ4v) is 4.71. The maximum atomic E-state index is 13.0. The Balaban J connectivity index is 2.03. The number of nitrogens with zero attached hydrogens (tertiary/aromatic N) is 1. The van der Waals surface area contributed by atoms with E-state index in [2.05, 4.69) is 25.9 Å². The van der Waals surface area contributed by atoms with E-state index < -0.39 is 5.54 Å². The molecule has 2 bridgehead atoms. The third-order valence-corrected chi connectivity index (χ3v) is 6.82. The Morgan fingerprint density at radius 2 is 1.91 bits per heavy atom. The van der Waals surface area contributed by atoms with Gasteiger partial charge in [-0.15, -0.1) is 0 Å². The van der Waals surface area contributed by atoms with Crippen molar-refractivity contribution in [2.45, 2.75) is 44.6 Å². The van der Waals surface area contributed by atoms with E-state index in [1.54, 1.807) is 10.7 Å². The molecule has 1 heterocycles. The largest absolute Gasteiger partial charge is 0.321 e. The monoisotopic (exact) mass is 317 g/mol. The van der Waals surface area contributed by atoms with Gasteiger partial charge in [0.05, 0.1) is 21.8 Å². The van der Waals surface area contributed by atoms with Crippen molar-refractivity contribution < 1.29 is 0 Å². The zero-order chi connectivity index (χ0) is 15.9. The molecule has 22 heavy (non-hydrogen) atoms. The molecule has 2 aromatic rings. The number of nitrogens with one attached hydrogen (secondary N) is 1. The van der Waals surface area contributed by atoms with E-state index in [0.29, 0.717) is 10.7 Å². The molecule has 5 heteroatoms. The van der Waals surface area contributed by atoms with Crippen LogP contribution < -0.4 is 11.3 Å². The number of hydrogen-bond acceptors (Lipinski definition) is 2. The summed E-state index contributed by atoms with van der Waals surface area (Å²) in [5, 5.41) is 3.86. The van der Waals surface area contributed by atoms with E-state index in [1.807, 2.05) is 18.2 Å². The highest BCUT2D eigenvalue weighted by atomic mass is 35.5. The summed E-state index contributed by atoms with van der Waals surface area (Å²) in [6.45, 7) is 6.56. The molecule has 1 unspecified atom stereocenters. The molecule has 0 spiro atoms. The number of aromatic amines is 1. The summed E-state index contributed by atoms with van der Waals surface area (Å²) >= 11 is 6.26. The zero-order valence-corrected chi connectivity index (χ0v) is 13.8. The summed E-state index contributed by atoms with van der Waals surface area (Å²) in [5.41, 5.74) is 8.25. The second kappa shape index (κ2) is 3.87. The van der Waals surface area contributed by atoms with Crippen molar-refractivity contribution in [3.8, 4) is 5.69 Å². The van der Waals surface area contributed by atoms with Crippen molar-refractivity contribution in [1.29, 1.82) is 0 Å². The minimum absolute atomic E-state index is 0.0675. The summed E-state index contributed by atoms with van der Waals surface area (Å²) in [6.07, 6.45) is 1.84. The number of nitrogens with two attached hydrogens (primary N) is 1. The van der Waals surface area contributed by atoms with Crippen LogP contribution in [0.1, 0.15) is 44.9 Å². The lowest BCUT2D eigenvalue weighted by Crippen LogP contribution is -2.49. The van der Waals surface area contributed by atoms with Crippen LogP contribution >= 0.6 is 11.6 Å². The van der Waals surface area contributed by atoms with E-state index >= 15 is 0 Å². The standard InChI is InChI=1S/C17H20ClN3O/c1-15(2)16(3)8-9-17(15,19)12-13(16)20-21(14(12)22)11-7-5-4-6-10(11)18/h4-7,20H,8-9,19H2,1-3H3/t16-,17?/m1/s1. The van der Waals surface area contributed by atoms with E-state index in [1.165, 1.54) is 0 Å². The maximum Gasteiger partial charge on any atom is 0.276 e. The molecule has 1 aromatic heterocycles. The molecule has 2 atom stereocenters. The topological polar surface area (TPSA) is 63.8 Å². The normalized spacial score (nSPS) is 31.5. The average molecular weight is 318 g/mol. The molecule has 2 aliphatic rings. The molecule has 0 saturated heterocycles.